The molecule has 0 atom stereocenters. The van der Waals surface area contributed by atoms with Gasteiger partial charge in [0.15, 0.2) is 11.5 Å². The fraction of sp³-hybridized carbons (Fsp3) is 0.133. The van der Waals surface area contributed by atoms with Crippen LogP contribution in [-0.4, -0.2) is 22.9 Å². The van der Waals surface area contributed by atoms with Crippen molar-refractivity contribution in [1.29, 1.82) is 0 Å². The number of phenols is 1. The monoisotopic (exact) mass is 291 g/mol. The van der Waals surface area contributed by atoms with Gasteiger partial charge in [-0.1, -0.05) is 29.7 Å². The highest BCUT2D eigenvalue weighted by atomic mass is 16.6. The Kier molecular flexibility index (Phi) is 2.66. The third kappa shape index (κ3) is 2.84. The van der Waals surface area contributed by atoms with Gasteiger partial charge in [0.05, 0.1) is 17.5 Å². The Morgan fingerprint density at radius 2 is 1.90 bits per heavy atom. The van der Waals surface area contributed by atoms with E-state index in [2.05, 4.69) is 0 Å². The molecule has 1 N–H and O–H groups in total. The van der Waals surface area contributed by atoms with Gasteiger partial charge in [-0.05, 0) is 13.0 Å². The molecule has 21 heavy (non-hydrogen) atoms. The topological polar surface area (TPSA) is 89.7 Å². The number of benzene rings is 2. The summed E-state index contributed by atoms with van der Waals surface area (Å²) in [7, 11) is 1.15. The van der Waals surface area contributed by atoms with E-state index in [1.165, 1.54) is 6.92 Å². The summed E-state index contributed by atoms with van der Waals surface area (Å²) in [6.45, 7) is 1.39. The van der Waals surface area contributed by atoms with Gasteiger partial charge in [-0.15, -0.1) is 0 Å². The number of hydrogen-bond donors (Lipinski definition) is 1. The molecule has 0 bridgehead atoms. The first kappa shape index (κ1) is 9.93. The second-order valence-corrected chi connectivity index (χ2v) is 4.13. The average Bonchev–Trinajstić information content (AvgIpc) is 2.58. The molecular formula is C15H13NO5. The summed E-state index contributed by atoms with van der Waals surface area (Å²) in [5.41, 5.74) is -1.50. The smallest absolute Gasteiger partial charge is 0.315 e. The van der Waals surface area contributed by atoms with Crippen molar-refractivity contribution in [1.82, 2.24) is 0 Å². The van der Waals surface area contributed by atoms with Crippen LogP contribution < -0.4 is 4.74 Å². The fourth-order valence-electron chi connectivity index (χ4n) is 1.65. The Morgan fingerprint density at radius 3 is 2.43 bits per heavy atom. The Labute approximate surface area is 126 Å². The van der Waals surface area contributed by atoms with Crippen LogP contribution in [0, 0.1) is 17.0 Å². The predicted molar refractivity (Wildman–Crippen MR) is 75.9 cm³/mol. The number of methoxy groups -OCH3 is 1. The van der Waals surface area contributed by atoms with E-state index in [0.29, 0.717) is 0 Å². The lowest BCUT2D eigenvalue weighted by Crippen LogP contribution is -2.03. The van der Waals surface area contributed by atoms with E-state index < -0.39 is 39.8 Å². The molecule has 0 aliphatic rings. The molecule has 0 heterocycles. The first-order valence-electron chi connectivity index (χ1n) is 7.78. The molecule has 0 aliphatic heterocycles. The van der Waals surface area contributed by atoms with Crippen molar-refractivity contribution >= 4 is 11.5 Å². The van der Waals surface area contributed by atoms with Crippen molar-refractivity contribution in [2.45, 2.75) is 6.92 Å². The van der Waals surface area contributed by atoms with Gasteiger partial charge in [-0.3, -0.25) is 14.9 Å². The highest BCUT2D eigenvalue weighted by Crippen LogP contribution is 2.37. The van der Waals surface area contributed by atoms with Gasteiger partial charge < -0.3 is 9.84 Å². The molecular weight excluding hydrogens is 274 g/mol. The minimum atomic E-state index is -0.946. The van der Waals surface area contributed by atoms with Crippen molar-refractivity contribution in [3.8, 4) is 11.5 Å². The van der Waals surface area contributed by atoms with Crippen molar-refractivity contribution in [3.63, 3.8) is 0 Å². The van der Waals surface area contributed by atoms with Crippen LogP contribution in [0.15, 0.2) is 36.3 Å². The van der Waals surface area contributed by atoms with Crippen LogP contribution >= 0.6 is 0 Å². The largest absolute Gasteiger partial charge is 0.500 e. The molecule has 2 aromatic rings. The number of ketones is 1. The summed E-state index contributed by atoms with van der Waals surface area (Å²) < 4.78 is 36.2. The molecule has 0 unspecified atom stereocenters. The summed E-state index contributed by atoms with van der Waals surface area (Å²) in [6, 6.07) is 0.00794. The van der Waals surface area contributed by atoms with Crippen LogP contribution in [0.5, 0.6) is 11.5 Å². The quantitative estimate of drug-likeness (QED) is 0.531. The third-order valence-corrected chi connectivity index (χ3v) is 2.71. The molecule has 0 aromatic heterocycles. The third-order valence-electron chi connectivity index (χ3n) is 2.71. The van der Waals surface area contributed by atoms with Gasteiger partial charge in [-0.2, -0.15) is 0 Å². The molecule has 0 spiro atoms. The van der Waals surface area contributed by atoms with E-state index in [1.54, 1.807) is 0 Å². The zero-order valence-corrected chi connectivity index (χ0v) is 11.2. The van der Waals surface area contributed by atoms with Crippen LogP contribution in [0.25, 0.3) is 0 Å². The highest BCUT2D eigenvalue weighted by molar-refractivity contribution is 6.09. The van der Waals surface area contributed by atoms with Crippen LogP contribution in [0.1, 0.15) is 27.0 Å². The zero-order valence-electron chi connectivity index (χ0n) is 15.2. The zero-order chi connectivity index (χ0) is 19.0. The number of aromatic hydroxyl groups is 1. The van der Waals surface area contributed by atoms with Gasteiger partial charge in [-0.25, -0.2) is 0 Å². The normalized spacial score (nSPS) is 12.9. The van der Waals surface area contributed by atoms with Gasteiger partial charge in [0.2, 0.25) is 5.75 Å². The molecule has 108 valence electrons. The van der Waals surface area contributed by atoms with Crippen molar-refractivity contribution in [2.75, 3.05) is 7.11 Å². The molecule has 0 aliphatic carbocycles. The van der Waals surface area contributed by atoms with E-state index in [4.69, 9.17) is 10.2 Å². The van der Waals surface area contributed by atoms with Gasteiger partial charge in [0.1, 0.15) is 0 Å². The van der Waals surface area contributed by atoms with Crippen molar-refractivity contribution in [2.24, 2.45) is 0 Å². The Balaban J connectivity index is 2.75. The second kappa shape index (κ2) is 5.62. The lowest BCUT2D eigenvalue weighted by molar-refractivity contribution is -0.386. The van der Waals surface area contributed by atoms with Gasteiger partial charge >= 0.3 is 5.69 Å². The predicted octanol–water partition coefficient (Wildman–Crippen LogP) is 2.85. The SMILES string of the molecule is [2H]c1c([2H])c(C(=O)c2cc(OC)c(O)c([N+](=O)[O-])c2)c([2H])c([2H])c1C. The van der Waals surface area contributed by atoms with E-state index in [0.717, 1.165) is 19.2 Å². The molecule has 6 nitrogen and oxygen atoms in total. The minimum Gasteiger partial charge on any atom is -0.500 e. The number of nitrogens with zero attached hydrogens (tertiary/aromatic N) is 1. The van der Waals surface area contributed by atoms with E-state index >= 15 is 0 Å². The van der Waals surface area contributed by atoms with Crippen LogP contribution in [0.3, 0.4) is 0 Å². The molecule has 0 amide bonds. The number of hydrogen-bond acceptors (Lipinski definition) is 5. The molecule has 0 radical (unpaired) electrons. The fourth-order valence-corrected chi connectivity index (χ4v) is 1.65. The lowest BCUT2D eigenvalue weighted by Gasteiger charge is -2.07. The van der Waals surface area contributed by atoms with E-state index in [9.17, 15) is 20.0 Å². The summed E-state index contributed by atoms with van der Waals surface area (Å²) in [4.78, 5) is 22.8. The number of rotatable bonds is 4. The molecule has 0 fully saturated rings. The highest BCUT2D eigenvalue weighted by Gasteiger charge is 2.22. The average molecular weight is 291 g/mol. The summed E-state index contributed by atoms with van der Waals surface area (Å²) in [6.07, 6.45) is 0. The van der Waals surface area contributed by atoms with Crippen LogP contribution in [0.4, 0.5) is 5.69 Å². The maximum Gasteiger partial charge on any atom is 0.315 e. The minimum absolute atomic E-state index is 0.0841. The summed E-state index contributed by atoms with van der Waals surface area (Å²) in [5, 5.41) is 20.8. The van der Waals surface area contributed by atoms with Crippen molar-refractivity contribution in [3.05, 3.63) is 63.1 Å². The maximum atomic E-state index is 12.7. The number of carbonyl (C=O) groups is 1. The number of nitro benzene ring substituents is 1. The van der Waals surface area contributed by atoms with E-state index in [-0.39, 0.29) is 29.0 Å². The number of ether oxygens (including phenoxy) is 1. The van der Waals surface area contributed by atoms with Crippen LogP contribution in [-0.2, 0) is 0 Å². The molecule has 0 saturated carbocycles. The Hall–Kier alpha value is -2.89. The van der Waals surface area contributed by atoms with Crippen LogP contribution in [0.2, 0.25) is 0 Å². The number of phenolic OH excluding ortho intramolecular Hbond substituents is 1. The summed E-state index contributed by atoms with van der Waals surface area (Å²) in [5.74, 6) is -2.02. The number of nitro groups is 1. The molecule has 6 heteroatoms. The molecule has 2 aromatic carbocycles. The van der Waals surface area contributed by atoms with Gasteiger partial charge in [0.25, 0.3) is 0 Å². The van der Waals surface area contributed by atoms with Crippen molar-refractivity contribution < 1.29 is 25.0 Å². The first-order chi connectivity index (χ1) is 11.6. The first-order valence-corrected chi connectivity index (χ1v) is 5.78. The van der Waals surface area contributed by atoms with Gasteiger partial charge in [0, 0.05) is 17.2 Å². The lowest BCUT2D eigenvalue weighted by atomic mass is 10.0. The van der Waals surface area contributed by atoms with E-state index in [1.807, 2.05) is 0 Å². The standard InChI is InChI=1S/C15H13NO5/c1-9-3-5-10(6-4-9)14(17)11-7-12(16(19)20)15(18)13(8-11)21-2/h3-8,18H,1-2H3/i3D,4D,5D,6D. The number of carbonyl (C=O) groups excluding carboxylic acids is 1. The Bertz CT molecular complexity index is 885. The Morgan fingerprint density at radius 1 is 1.29 bits per heavy atom. The molecule has 2 rings (SSSR count). The summed E-state index contributed by atoms with van der Waals surface area (Å²) >= 11 is 0. The maximum absolute atomic E-state index is 12.7. The molecule has 0 saturated heterocycles. The second-order valence-electron chi connectivity index (χ2n) is 4.13.